The van der Waals surface area contributed by atoms with Crippen LogP contribution < -0.4 is 9.47 Å². The van der Waals surface area contributed by atoms with Gasteiger partial charge >= 0.3 is 12.1 Å². The predicted molar refractivity (Wildman–Crippen MR) is 138 cm³/mol. The molecule has 0 amide bonds. The molecule has 0 aromatic heterocycles. The molecule has 0 bridgehead atoms. The number of hydrogen-bond donors (Lipinski definition) is 1. The number of nitrogens with zero attached hydrogens (tertiary/aromatic N) is 1. The summed E-state index contributed by atoms with van der Waals surface area (Å²) in [4.78, 5) is 30.7. The number of aromatic carboxylic acids is 1. The lowest BCUT2D eigenvalue weighted by atomic mass is 10.0. The molecule has 0 fully saturated rings. The Balaban J connectivity index is 1.57. The van der Waals surface area contributed by atoms with Crippen molar-refractivity contribution in [3.63, 3.8) is 0 Å². The molecule has 2 aliphatic heterocycles. The predicted octanol–water partition coefficient (Wildman–Crippen LogP) is 6.12. The summed E-state index contributed by atoms with van der Waals surface area (Å²) in [5, 5.41) is 9.56. The third-order valence-corrected chi connectivity index (χ3v) is 7.16. The van der Waals surface area contributed by atoms with Crippen molar-refractivity contribution in [3.05, 3.63) is 93.9 Å². The number of hydrogen-bond acceptors (Lipinski definition) is 8. The molecule has 0 radical (unpaired) electrons. The molecule has 0 spiro atoms. The highest BCUT2D eigenvalue weighted by Crippen LogP contribution is 2.56. The average Bonchev–Trinajstić information content (AvgIpc) is 3.43. The molecule has 0 saturated carbocycles. The largest absolute Gasteiger partial charge is 0.515 e. The Bertz CT molecular complexity index is 1450. The summed E-state index contributed by atoms with van der Waals surface area (Å²) in [6.45, 7) is 1.87. The molecular weight excluding hydrogens is 494 g/mol. The average molecular weight is 518 g/mol. The first-order valence-electron chi connectivity index (χ1n) is 11.6. The quantitative estimate of drug-likeness (QED) is 0.374. The number of carbonyl (C=O) groups is 2. The van der Waals surface area contributed by atoms with Crippen molar-refractivity contribution in [2.24, 2.45) is 4.99 Å². The number of carboxylic acids is 1. The van der Waals surface area contributed by atoms with Crippen LogP contribution in [0.4, 0.5) is 4.79 Å². The van der Waals surface area contributed by atoms with Crippen molar-refractivity contribution in [2.45, 2.75) is 24.5 Å². The summed E-state index contributed by atoms with van der Waals surface area (Å²) in [6.07, 6.45) is -0.844. The Kier molecular flexibility index (Phi) is 6.87. The number of fused-ring (bicyclic) bond motifs is 3. The van der Waals surface area contributed by atoms with Crippen molar-refractivity contribution >= 4 is 35.4 Å². The van der Waals surface area contributed by atoms with E-state index in [0.717, 1.165) is 15.4 Å². The standard InChI is InChI=1S/C28H23NO7S/c1-3-34-28(32)36-26-23(25-24(29-26)20-10-6-7-11-22(20)37-25)19-13-12-17(33-2)14-21(19)35-15-16-8-4-5-9-18(16)27(30)31/h4-14,24H,3,15H2,1-2H3,(H,30,31). The van der Waals surface area contributed by atoms with Crippen LogP contribution in [0.25, 0.3) is 5.57 Å². The number of aliphatic imine (C=N–C) groups is 1. The van der Waals surface area contributed by atoms with E-state index in [9.17, 15) is 14.7 Å². The fourth-order valence-electron chi connectivity index (χ4n) is 4.24. The highest BCUT2D eigenvalue weighted by atomic mass is 32.2. The Labute approximate surface area is 217 Å². The van der Waals surface area contributed by atoms with Crippen LogP contribution in [0.5, 0.6) is 11.5 Å². The van der Waals surface area contributed by atoms with Gasteiger partial charge in [0.25, 0.3) is 0 Å². The van der Waals surface area contributed by atoms with E-state index in [0.29, 0.717) is 28.2 Å². The van der Waals surface area contributed by atoms with Crippen molar-refractivity contribution in [2.75, 3.05) is 13.7 Å². The molecule has 3 aromatic rings. The van der Waals surface area contributed by atoms with Crippen molar-refractivity contribution in [1.29, 1.82) is 0 Å². The van der Waals surface area contributed by atoms with Crippen LogP contribution in [0.15, 0.2) is 81.5 Å². The fourth-order valence-corrected chi connectivity index (χ4v) is 5.51. The molecule has 2 aliphatic rings. The second kappa shape index (κ2) is 10.4. The van der Waals surface area contributed by atoms with Gasteiger partial charge in [-0.15, -0.1) is 0 Å². The third kappa shape index (κ3) is 4.77. The van der Waals surface area contributed by atoms with Gasteiger partial charge in [0.05, 0.1) is 24.9 Å². The summed E-state index contributed by atoms with van der Waals surface area (Å²) in [6, 6.07) is 19.6. The molecule has 1 atom stereocenters. The second-order valence-corrected chi connectivity index (χ2v) is 9.20. The van der Waals surface area contributed by atoms with Crippen LogP contribution in [-0.2, 0) is 16.1 Å². The molecule has 5 rings (SSSR count). The number of ether oxygens (including phenoxy) is 4. The van der Waals surface area contributed by atoms with Gasteiger partial charge in [-0.2, -0.15) is 0 Å². The summed E-state index contributed by atoms with van der Waals surface area (Å²) >= 11 is 1.56. The molecule has 9 heteroatoms. The van der Waals surface area contributed by atoms with E-state index in [1.165, 1.54) is 6.07 Å². The van der Waals surface area contributed by atoms with Gasteiger partial charge in [0.2, 0.25) is 5.90 Å². The van der Waals surface area contributed by atoms with Gasteiger partial charge in [0.1, 0.15) is 24.1 Å². The number of carbonyl (C=O) groups excluding carboxylic acids is 1. The summed E-state index contributed by atoms with van der Waals surface area (Å²) in [5.74, 6) is 0.0874. The van der Waals surface area contributed by atoms with Gasteiger partial charge in [-0.05, 0) is 36.8 Å². The van der Waals surface area contributed by atoms with E-state index >= 15 is 0 Å². The Morgan fingerprint density at radius 1 is 1.05 bits per heavy atom. The highest BCUT2D eigenvalue weighted by molar-refractivity contribution is 8.03. The first kappa shape index (κ1) is 24.5. The van der Waals surface area contributed by atoms with E-state index < -0.39 is 12.1 Å². The lowest BCUT2D eigenvalue weighted by Gasteiger charge is -2.16. The minimum absolute atomic E-state index is 0.00720. The van der Waals surface area contributed by atoms with Crippen molar-refractivity contribution in [3.8, 4) is 11.5 Å². The van der Waals surface area contributed by atoms with Gasteiger partial charge in [-0.3, -0.25) is 0 Å². The Morgan fingerprint density at radius 3 is 2.62 bits per heavy atom. The van der Waals surface area contributed by atoms with Crippen LogP contribution in [0.2, 0.25) is 0 Å². The first-order chi connectivity index (χ1) is 18.0. The molecule has 2 heterocycles. The normalized spacial score (nSPS) is 15.5. The third-order valence-electron chi connectivity index (χ3n) is 5.92. The minimum atomic E-state index is -1.04. The van der Waals surface area contributed by atoms with Crippen LogP contribution >= 0.6 is 11.8 Å². The number of rotatable bonds is 7. The maximum atomic E-state index is 12.3. The minimum Gasteiger partial charge on any atom is -0.497 e. The molecule has 1 N–H and O–H groups in total. The zero-order valence-electron chi connectivity index (χ0n) is 20.1. The SMILES string of the molecule is CCOC(=O)OC1=NC2C(=C1c1ccc(OC)cc1OCc1ccccc1C(=O)O)Sc1ccccc12. The van der Waals surface area contributed by atoms with E-state index in [2.05, 4.69) is 0 Å². The van der Waals surface area contributed by atoms with Crippen molar-refractivity contribution in [1.82, 2.24) is 0 Å². The first-order valence-corrected chi connectivity index (χ1v) is 12.4. The molecule has 37 heavy (non-hydrogen) atoms. The van der Waals surface area contributed by atoms with Gasteiger partial charge in [0, 0.05) is 27.0 Å². The highest BCUT2D eigenvalue weighted by Gasteiger charge is 2.40. The maximum Gasteiger partial charge on any atom is 0.515 e. The summed E-state index contributed by atoms with van der Waals surface area (Å²) < 4.78 is 22.2. The van der Waals surface area contributed by atoms with Gasteiger partial charge < -0.3 is 24.1 Å². The zero-order chi connectivity index (χ0) is 25.9. The number of methoxy groups -OCH3 is 1. The lowest BCUT2D eigenvalue weighted by molar-refractivity contribution is 0.0693. The summed E-state index contributed by atoms with van der Waals surface area (Å²) in [7, 11) is 1.55. The second-order valence-electron chi connectivity index (χ2n) is 8.11. The maximum absolute atomic E-state index is 12.3. The monoisotopic (exact) mass is 517 g/mol. The van der Waals surface area contributed by atoms with E-state index in [-0.39, 0.29) is 30.7 Å². The lowest BCUT2D eigenvalue weighted by Crippen LogP contribution is -2.15. The molecule has 8 nitrogen and oxygen atoms in total. The smallest absolute Gasteiger partial charge is 0.497 e. The number of carboxylic acid groups (broad SMARTS) is 1. The molecule has 3 aromatic carbocycles. The molecule has 1 unspecified atom stereocenters. The van der Waals surface area contributed by atoms with E-state index in [4.69, 9.17) is 23.9 Å². The Hall–Kier alpha value is -4.24. The Morgan fingerprint density at radius 2 is 1.84 bits per heavy atom. The molecule has 0 aliphatic carbocycles. The van der Waals surface area contributed by atoms with Gasteiger partial charge in [0.15, 0.2) is 0 Å². The topological polar surface area (TPSA) is 104 Å². The van der Waals surface area contributed by atoms with Crippen molar-refractivity contribution < 1.29 is 33.6 Å². The fraction of sp³-hybridized carbons (Fsp3) is 0.179. The summed E-state index contributed by atoms with van der Waals surface area (Å²) in [5.41, 5.74) is 2.95. The van der Waals surface area contributed by atoms with Crippen LogP contribution in [0.1, 0.15) is 40.0 Å². The van der Waals surface area contributed by atoms with Gasteiger partial charge in [-0.1, -0.05) is 48.2 Å². The zero-order valence-corrected chi connectivity index (χ0v) is 20.9. The van der Waals surface area contributed by atoms with Crippen LogP contribution in [0.3, 0.4) is 0 Å². The number of thioether (sulfide) groups is 1. The molecular formula is C28H23NO7S. The van der Waals surface area contributed by atoms with Crippen LogP contribution in [-0.4, -0.2) is 36.8 Å². The van der Waals surface area contributed by atoms with Gasteiger partial charge in [-0.25, -0.2) is 14.6 Å². The van der Waals surface area contributed by atoms with E-state index in [1.54, 1.807) is 56.1 Å². The molecule has 0 saturated heterocycles. The molecule has 188 valence electrons. The number of benzene rings is 3. The van der Waals surface area contributed by atoms with Crippen LogP contribution in [0, 0.1) is 0 Å². The van der Waals surface area contributed by atoms with E-state index in [1.807, 2.05) is 30.3 Å².